The Morgan fingerprint density at radius 2 is 1.77 bits per heavy atom. The largest absolute Gasteiger partial charge is 0.368 e. The standard InChI is InChI=1S/C27H32ClN5O2/c1-19-5-3-8-24(20(19)2)32-13-15-33(16-14-32)27(34)21-9-11-31(12-10-21)18-25-29-26(30-35-25)22-6-4-7-23(28)17-22/h3-8,17,21H,9-16,18H2,1-2H3. The average molecular weight is 494 g/mol. The molecule has 1 amide bonds. The van der Waals surface area contributed by atoms with Crippen molar-refractivity contribution in [2.75, 3.05) is 44.2 Å². The van der Waals surface area contributed by atoms with Gasteiger partial charge in [0.1, 0.15) is 0 Å². The molecule has 7 nitrogen and oxygen atoms in total. The highest BCUT2D eigenvalue weighted by atomic mass is 35.5. The van der Waals surface area contributed by atoms with Crippen LogP contribution in [0.5, 0.6) is 0 Å². The summed E-state index contributed by atoms with van der Waals surface area (Å²) in [7, 11) is 0. The number of anilines is 1. The molecule has 2 saturated heterocycles. The minimum Gasteiger partial charge on any atom is -0.368 e. The van der Waals surface area contributed by atoms with Crippen molar-refractivity contribution in [2.45, 2.75) is 33.2 Å². The summed E-state index contributed by atoms with van der Waals surface area (Å²) >= 11 is 6.07. The molecule has 8 heteroatoms. The van der Waals surface area contributed by atoms with E-state index in [9.17, 15) is 4.79 Å². The monoisotopic (exact) mass is 493 g/mol. The molecule has 0 aliphatic carbocycles. The Kier molecular flexibility index (Phi) is 7.07. The van der Waals surface area contributed by atoms with Gasteiger partial charge in [0.2, 0.25) is 17.6 Å². The molecule has 184 valence electrons. The van der Waals surface area contributed by atoms with Crippen molar-refractivity contribution >= 4 is 23.2 Å². The molecule has 2 fully saturated rings. The third-order valence-corrected chi connectivity index (χ3v) is 7.59. The number of benzene rings is 2. The van der Waals surface area contributed by atoms with E-state index in [1.54, 1.807) is 0 Å². The number of halogens is 1. The van der Waals surface area contributed by atoms with E-state index in [2.05, 4.69) is 56.9 Å². The number of carbonyl (C=O) groups excluding carboxylic acids is 1. The van der Waals surface area contributed by atoms with Gasteiger partial charge in [-0.25, -0.2) is 0 Å². The number of aromatic nitrogens is 2. The van der Waals surface area contributed by atoms with Gasteiger partial charge < -0.3 is 14.3 Å². The molecule has 0 bridgehead atoms. The lowest BCUT2D eigenvalue weighted by molar-refractivity contribution is -0.137. The van der Waals surface area contributed by atoms with E-state index in [4.69, 9.17) is 16.1 Å². The van der Waals surface area contributed by atoms with E-state index in [-0.39, 0.29) is 5.92 Å². The second-order valence-corrected chi connectivity index (χ2v) is 10.0. The van der Waals surface area contributed by atoms with Gasteiger partial charge in [-0.3, -0.25) is 9.69 Å². The van der Waals surface area contributed by atoms with E-state index in [0.29, 0.717) is 29.2 Å². The fourth-order valence-electron chi connectivity index (χ4n) is 5.10. The molecular weight excluding hydrogens is 462 g/mol. The average Bonchev–Trinajstić information content (AvgIpc) is 3.34. The Labute approximate surface area is 211 Å². The summed E-state index contributed by atoms with van der Waals surface area (Å²) in [5, 5.41) is 4.74. The minimum atomic E-state index is 0.100. The molecule has 35 heavy (non-hydrogen) atoms. The topological polar surface area (TPSA) is 65.7 Å². The molecule has 0 saturated carbocycles. The van der Waals surface area contributed by atoms with Crippen molar-refractivity contribution < 1.29 is 9.32 Å². The van der Waals surface area contributed by atoms with Crippen LogP contribution < -0.4 is 4.90 Å². The number of amides is 1. The summed E-state index contributed by atoms with van der Waals surface area (Å²) in [6.07, 6.45) is 1.73. The van der Waals surface area contributed by atoms with Gasteiger partial charge >= 0.3 is 0 Å². The third-order valence-electron chi connectivity index (χ3n) is 7.35. The molecule has 0 atom stereocenters. The smallest absolute Gasteiger partial charge is 0.241 e. The Hall–Kier alpha value is -2.90. The van der Waals surface area contributed by atoms with Crippen LogP contribution in [0.15, 0.2) is 47.0 Å². The maximum Gasteiger partial charge on any atom is 0.241 e. The van der Waals surface area contributed by atoms with Gasteiger partial charge in [0.25, 0.3) is 0 Å². The van der Waals surface area contributed by atoms with Crippen LogP contribution in [0.4, 0.5) is 5.69 Å². The molecule has 0 N–H and O–H groups in total. The van der Waals surface area contributed by atoms with Crippen LogP contribution in [0.2, 0.25) is 5.02 Å². The molecule has 3 aromatic rings. The summed E-state index contributed by atoms with van der Waals surface area (Å²) in [4.78, 5) is 24.5. The van der Waals surface area contributed by atoms with E-state index >= 15 is 0 Å². The number of aryl methyl sites for hydroxylation is 1. The Morgan fingerprint density at radius 3 is 2.51 bits per heavy atom. The Morgan fingerprint density at radius 1 is 1.03 bits per heavy atom. The molecule has 3 heterocycles. The van der Waals surface area contributed by atoms with Crippen molar-refractivity contribution in [3.05, 3.63) is 64.5 Å². The predicted octanol–water partition coefficient (Wildman–Crippen LogP) is 4.57. The molecule has 1 aromatic heterocycles. The highest BCUT2D eigenvalue weighted by molar-refractivity contribution is 6.30. The third kappa shape index (κ3) is 5.36. The molecule has 0 radical (unpaired) electrons. The van der Waals surface area contributed by atoms with Crippen LogP contribution in [0.3, 0.4) is 0 Å². The highest BCUT2D eigenvalue weighted by Crippen LogP contribution is 2.26. The van der Waals surface area contributed by atoms with Crippen LogP contribution in [-0.4, -0.2) is 65.1 Å². The fraction of sp³-hybridized carbons (Fsp3) is 0.444. The lowest BCUT2D eigenvalue weighted by Crippen LogP contribution is -2.51. The normalized spacial score (nSPS) is 17.7. The second kappa shape index (κ2) is 10.4. The summed E-state index contributed by atoms with van der Waals surface area (Å²) in [6.45, 7) is 10.0. The first-order valence-corrected chi connectivity index (χ1v) is 12.8. The van der Waals surface area contributed by atoms with Crippen LogP contribution in [-0.2, 0) is 11.3 Å². The first-order chi connectivity index (χ1) is 17.0. The molecule has 5 rings (SSSR count). The van der Waals surface area contributed by atoms with Crippen LogP contribution in [0, 0.1) is 19.8 Å². The lowest BCUT2D eigenvalue weighted by Gasteiger charge is -2.39. The van der Waals surface area contributed by atoms with Gasteiger partial charge in [-0.1, -0.05) is 41.0 Å². The van der Waals surface area contributed by atoms with E-state index < -0.39 is 0 Å². The van der Waals surface area contributed by atoms with Crippen molar-refractivity contribution in [2.24, 2.45) is 5.92 Å². The number of hydrogen-bond acceptors (Lipinski definition) is 6. The second-order valence-electron chi connectivity index (χ2n) is 9.60. The maximum absolute atomic E-state index is 13.2. The van der Waals surface area contributed by atoms with E-state index in [1.807, 2.05) is 24.3 Å². The van der Waals surface area contributed by atoms with Gasteiger partial charge in [0, 0.05) is 48.4 Å². The predicted molar refractivity (Wildman–Crippen MR) is 137 cm³/mol. The van der Waals surface area contributed by atoms with Gasteiger partial charge in [-0.15, -0.1) is 0 Å². The van der Waals surface area contributed by atoms with Gasteiger partial charge in [0.05, 0.1) is 6.54 Å². The van der Waals surface area contributed by atoms with Gasteiger partial charge in [-0.2, -0.15) is 4.98 Å². The molecule has 0 spiro atoms. The fourth-order valence-corrected chi connectivity index (χ4v) is 5.29. The molecule has 2 aliphatic heterocycles. The number of piperidine rings is 1. The lowest BCUT2D eigenvalue weighted by atomic mass is 9.95. The summed E-state index contributed by atoms with van der Waals surface area (Å²) in [6, 6.07) is 13.9. The minimum absolute atomic E-state index is 0.100. The summed E-state index contributed by atoms with van der Waals surface area (Å²) < 4.78 is 5.47. The number of piperazine rings is 1. The SMILES string of the molecule is Cc1cccc(N2CCN(C(=O)C3CCN(Cc4nc(-c5cccc(Cl)c5)no4)CC3)CC2)c1C. The molecule has 0 unspecified atom stereocenters. The first kappa shape index (κ1) is 23.8. The van der Waals surface area contributed by atoms with Gasteiger partial charge in [0.15, 0.2) is 0 Å². The zero-order chi connectivity index (χ0) is 24.4. The van der Waals surface area contributed by atoms with Crippen LogP contribution in [0.25, 0.3) is 11.4 Å². The molecule has 2 aliphatic rings. The highest BCUT2D eigenvalue weighted by Gasteiger charge is 2.31. The van der Waals surface area contributed by atoms with E-state index in [1.165, 1.54) is 16.8 Å². The quantitative estimate of drug-likeness (QED) is 0.519. The molecular formula is C27H32ClN5O2. The Bertz CT molecular complexity index is 1180. The zero-order valence-corrected chi connectivity index (χ0v) is 21.2. The van der Waals surface area contributed by atoms with Crippen molar-refractivity contribution in [3.8, 4) is 11.4 Å². The van der Waals surface area contributed by atoms with Crippen molar-refractivity contribution in [1.29, 1.82) is 0 Å². The number of rotatable bonds is 5. The number of likely N-dealkylation sites (tertiary alicyclic amines) is 1. The van der Waals surface area contributed by atoms with Crippen molar-refractivity contribution in [1.82, 2.24) is 19.9 Å². The van der Waals surface area contributed by atoms with Gasteiger partial charge in [-0.05, 0) is 69.1 Å². The van der Waals surface area contributed by atoms with Crippen LogP contribution >= 0.6 is 11.6 Å². The zero-order valence-electron chi connectivity index (χ0n) is 20.4. The number of nitrogens with zero attached hydrogens (tertiary/aromatic N) is 5. The first-order valence-electron chi connectivity index (χ1n) is 12.4. The van der Waals surface area contributed by atoms with Crippen molar-refractivity contribution in [3.63, 3.8) is 0 Å². The Balaban J connectivity index is 1.10. The number of hydrogen-bond donors (Lipinski definition) is 0. The molecule has 2 aromatic carbocycles. The van der Waals surface area contributed by atoms with E-state index in [0.717, 1.165) is 57.7 Å². The maximum atomic E-state index is 13.2. The summed E-state index contributed by atoms with van der Waals surface area (Å²) in [5.41, 5.74) is 4.79. The summed E-state index contributed by atoms with van der Waals surface area (Å²) in [5.74, 6) is 1.55. The number of carbonyl (C=O) groups is 1. The van der Waals surface area contributed by atoms with Crippen LogP contribution in [0.1, 0.15) is 29.9 Å².